The molecule has 0 aliphatic heterocycles. The van der Waals surface area contributed by atoms with Crippen LogP contribution in [0.1, 0.15) is 5.56 Å². The lowest BCUT2D eigenvalue weighted by atomic mass is 10.2. The minimum atomic E-state index is -1.19. The number of aromatic nitrogens is 1. The van der Waals surface area contributed by atoms with Crippen LogP contribution in [0.3, 0.4) is 0 Å². The fraction of sp³-hybridized carbons (Fsp3) is 0.154. The molecule has 0 spiro atoms. The monoisotopic (exact) mass is 280 g/mol. The zero-order valence-electron chi connectivity index (χ0n) is 9.67. The third kappa shape index (κ3) is 3.09. The summed E-state index contributed by atoms with van der Waals surface area (Å²) in [5.41, 5.74) is 7.33. The van der Waals surface area contributed by atoms with Gasteiger partial charge in [0, 0.05) is 23.8 Å². The average molecular weight is 281 g/mol. The van der Waals surface area contributed by atoms with Gasteiger partial charge in [0.25, 0.3) is 0 Å². The predicted molar refractivity (Wildman–Crippen MR) is 75.1 cm³/mol. The van der Waals surface area contributed by atoms with Gasteiger partial charge in [-0.3, -0.25) is 9.19 Å². The van der Waals surface area contributed by atoms with Gasteiger partial charge in [0.05, 0.1) is 20.7 Å². The molecule has 1 aromatic carbocycles. The number of pyridine rings is 1. The Bertz CT molecular complexity index is 540. The molecule has 0 amide bonds. The molecule has 0 saturated heterocycles. The van der Waals surface area contributed by atoms with Crippen molar-refractivity contribution in [2.45, 2.75) is 11.3 Å². The molecule has 3 nitrogen and oxygen atoms in total. The van der Waals surface area contributed by atoms with Crippen LogP contribution in [0.4, 0.5) is 5.69 Å². The largest absolute Gasteiger partial charge is 0.398 e. The maximum atomic E-state index is 12.2. The van der Waals surface area contributed by atoms with E-state index >= 15 is 0 Å². The molecule has 94 valence electrons. The van der Waals surface area contributed by atoms with Crippen molar-refractivity contribution in [3.8, 4) is 0 Å². The van der Waals surface area contributed by atoms with Gasteiger partial charge in [0.1, 0.15) is 0 Å². The predicted octanol–water partition coefficient (Wildman–Crippen LogP) is 2.67. The Balaban J connectivity index is 2.09. The topological polar surface area (TPSA) is 56.0 Å². The van der Waals surface area contributed by atoms with Crippen LogP contribution in [-0.4, -0.2) is 14.9 Å². The lowest BCUT2D eigenvalue weighted by Crippen LogP contribution is -2.05. The average Bonchev–Trinajstić information content (AvgIpc) is 2.37. The Labute approximate surface area is 113 Å². The third-order valence-corrected chi connectivity index (χ3v) is 4.44. The Morgan fingerprint density at radius 1 is 1.28 bits per heavy atom. The van der Waals surface area contributed by atoms with Crippen LogP contribution in [0, 0.1) is 0 Å². The molecule has 5 heteroatoms. The number of hydrogen-bond acceptors (Lipinski definition) is 3. The number of nitrogen functional groups attached to an aromatic ring is 1. The number of halogens is 1. The first kappa shape index (κ1) is 13.1. The summed E-state index contributed by atoms with van der Waals surface area (Å²) in [6.45, 7) is 0. The fourth-order valence-corrected chi connectivity index (χ4v) is 3.31. The number of rotatable bonds is 4. The van der Waals surface area contributed by atoms with Crippen LogP contribution in [-0.2, 0) is 17.2 Å². The van der Waals surface area contributed by atoms with Crippen LogP contribution in [0.5, 0.6) is 0 Å². The molecular weight excluding hydrogens is 268 g/mol. The first-order valence-corrected chi connectivity index (χ1v) is 7.19. The van der Waals surface area contributed by atoms with E-state index in [1.165, 1.54) is 0 Å². The highest BCUT2D eigenvalue weighted by molar-refractivity contribution is 7.85. The van der Waals surface area contributed by atoms with Crippen molar-refractivity contribution in [3.63, 3.8) is 0 Å². The molecule has 0 radical (unpaired) electrons. The first-order chi connectivity index (χ1) is 8.68. The summed E-state index contributed by atoms with van der Waals surface area (Å²) in [6.07, 6.45) is 4.17. The summed E-state index contributed by atoms with van der Waals surface area (Å²) >= 11 is 6.02. The van der Waals surface area contributed by atoms with Crippen LogP contribution >= 0.6 is 11.6 Å². The minimum absolute atomic E-state index is 0.458. The Morgan fingerprint density at radius 2 is 2.11 bits per heavy atom. The SMILES string of the molecule is Nc1cccc(Cl)c1S(=O)CCc1cccnc1. The van der Waals surface area contributed by atoms with Crippen molar-refractivity contribution in [3.05, 3.63) is 53.3 Å². The molecule has 0 fully saturated rings. The van der Waals surface area contributed by atoms with E-state index in [2.05, 4.69) is 4.98 Å². The third-order valence-electron chi connectivity index (χ3n) is 2.52. The molecule has 2 aromatic rings. The van der Waals surface area contributed by atoms with Gasteiger partial charge in [0.2, 0.25) is 0 Å². The van der Waals surface area contributed by atoms with Gasteiger partial charge in [-0.1, -0.05) is 23.7 Å². The van der Waals surface area contributed by atoms with E-state index in [9.17, 15) is 4.21 Å². The summed E-state index contributed by atoms with van der Waals surface area (Å²) < 4.78 is 12.2. The lowest BCUT2D eigenvalue weighted by Gasteiger charge is -2.07. The van der Waals surface area contributed by atoms with E-state index < -0.39 is 10.8 Å². The molecule has 2 rings (SSSR count). The Morgan fingerprint density at radius 3 is 2.78 bits per heavy atom. The van der Waals surface area contributed by atoms with Crippen LogP contribution in [0.2, 0.25) is 5.02 Å². The molecule has 1 atom stereocenters. The highest BCUT2D eigenvalue weighted by Crippen LogP contribution is 2.26. The van der Waals surface area contributed by atoms with Gasteiger partial charge >= 0.3 is 0 Å². The molecule has 0 saturated carbocycles. The molecule has 0 aliphatic carbocycles. The summed E-state index contributed by atoms with van der Waals surface area (Å²) in [4.78, 5) is 4.55. The fourth-order valence-electron chi connectivity index (χ4n) is 1.62. The molecule has 18 heavy (non-hydrogen) atoms. The molecule has 1 heterocycles. The zero-order valence-corrected chi connectivity index (χ0v) is 11.2. The standard InChI is InChI=1S/C13H13ClN2OS/c14-11-4-1-5-12(15)13(11)18(17)8-6-10-3-2-7-16-9-10/h1-5,7,9H,6,8,15H2. The van der Waals surface area contributed by atoms with Gasteiger partial charge in [-0.15, -0.1) is 0 Å². The smallest absolute Gasteiger partial charge is 0.0803 e. The van der Waals surface area contributed by atoms with E-state index in [1.807, 2.05) is 12.1 Å². The van der Waals surface area contributed by atoms with Crippen molar-refractivity contribution in [2.75, 3.05) is 11.5 Å². The highest BCUT2D eigenvalue weighted by Gasteiger charge is 2.12. The van der Waals surface area contributed by atoms with Gasteiger partial charge in [0.15, 0.2) is 0 Å². The summed E-state index contributed by atoms with van der Waals surface area (Å²) in [7, 11) is -1.19. The van der Waals surface area contributed by atoms with Crippen LogP contribution in [0.15, 0.2) is 47.6 Å². The second-order valence-corrected chi connectivity index (χ2v) is 5.73. The summed E-state index contributed by atoms with van der Waals surface area (Å²) in [6, 6.07) is 8.99. The number of aryl methyl sites for hydroxylation is 1. The van der Waals surface area contributed by atoms with E-state index in [-0.39, 0.29) is 0 Å². The van der Waals surface area contributed by atoms with E-state index in [1.54, 1.807) is 30.6 Å². The molecule has 1 unspecified atom stereocenters. The summed E-state index contributed by atoms with van der Waals surface area (Å²) in [5.74, 6) is 0.486. The van der Waals surface area contributed by atoms with Gasteiger partial charge in [-0.2, -0.15) is 0 Å². The number of anilines is 1. The molecule has 2 N–H and O–H groups in total. The first-order valence-electron chi connectivity index (χ1n) is 5.50. The molecule has 1 aromatic heterocycles. The van der Waals surface area contributed by atoms with Crippen molar-refractivity contribution < 1.29 is 4.21 Å². The number of hydrogen-bond donors (Lipinski definition) is 1. The molecule has 0 aliphatic rings. The van der Waals surface area contributed by atoms with Crippen LogP contribution < -0.4 is 5.73 Å². The second kappa shape index (κ2) is 5.98. The number of nitrogens with two attached hydrogens (primary N) is 1. The maximum absolute atomic E-state index is 12.2. The van der Waals surface area contributed by atoms with Gasteiger partial charge in [-0.05, 0) is 30.2 Å². The van der Waals surface area contributed by atoms with Crippen molar-refractivity contribution in [1.82, 2.24) is 4.98 Å². The van der Waals surface area contributed by atoms with Gasteiger partial charge < -0.3 is 5.73 Å². The van der Waals surface area contributed by atoms with Crippen molar-refractivity contribution in [2.24, 2.45) is 0 Å². The zero-order chi connectivity index (χ0) is 13.0. The lowest BCUT2D eigenvalue weighted by molar-refractivity contribution is 0.682. The van der Waals surface area contributed by atoms with Gasteiger partial charge in [-0.25, -0.2) is 0 Å². The van der Waals surface area contributed by atoms with E-state index in [4.69, 9.17) is 17.3 Å². The maximum Gasteiger partial charge on any atom is 0.0803 e. The highest BCUT2D eigenvalue weighted by atomic mass is 35.5. The molecule has 0 bridgehead atoms. The minimum Gasteiger partial charge on any atom is -0.398 e. The number of nitrogens with zero attached hydrogens (tertiary/aromatic N) is 1. The Hall–Kier alpha value is -1.39. The number of benzene rings is 1. The second-order valence-electron chi connectivity index (χ2n) is 3.82. The van der Waals surface area contributed by atoms with Crippen molar-refractivity contribution >= 4 is 28.1 Å². The Kier molecular flexibility index (Phi) is 4.33. The molecular formula is C13H13ClN2OS. The summed E-state index contributed by atoms with van der Waals surface area (Å²) in [5, 5.41) is 0.458. The van der Waals surface area contributed by atoms with Crippen LogP contribution in [0.25, 0.3) is 0 Å². The normalized spacial score (nSPS) is 12.3. The van der Waals surface area contributed by atoms with E-state index in [0.29, 0.717) is 27.8 Å². The van der Waals surface area contributed by atoms with E-state index in [0.717, 1.165) is 5.56 Å². The van der Waals surface area contributed by atoms with Crippen molar-refractivity contribution in [1.29, 1.82) is 0 Å². The quantitative estimate of drug-likeness (QED) is 0.876.